The fraction of sp³-hybridized carbons (Fsp3) is 0.607. The van der Waals surface area contributed by atoms with Gasteiger partial charge in [-0.1, -0.05) is 50.4 Å². The lowest BCUT2D eigenvalue weighted by atomic mass is 9.79. The van der Waals surface area contributed by atoms with Crippen molar-refractivity contribution in [1.29, 1.82) is 0 Å². The summed E-state index contributed by atoms with van der Waals surface area (Å²) in [6.45, 7) is 9.63. The first-order valence-electron chi connectivity index (χ1n) is 13.6. The number of nitrogens with one attached hydrogen (secondary N) is 2. The summed E-state index contributed by atoms with van der Waals surface area (Å²) in [4.78, 5) is 14.6. The highest BCUT2D eigenvalue weighted by atomic mass is 35.5. The third-order valence-corrected chi connectivity index (χ3v) is 8.65. The molecular formula is C28H39ClN6S. The zero-order valence-corrected chi connectivity index (χ0v) is 23.2. The number of thiocarbonyl (C=S) groups is 1. The van der Waals surface area contributed by atoms with Gasteiger partial charge in [-0.15, -0.1) is 0 Å². The molecule has 1 aliphatic carbocycles. The zero-order chi connectivity index (χ0) is 25.1. The van der Waals surface area contributed by atoms with Gasteiger partial charge in [0.2, 0.25) is 5.95 Å². The summed E-state index contributed by atoms with van der Waals surface area (Å²) in [7, 11) is 0. The number of rotatable bonds is 6. The van der Waals surface area contributed by atoms with Gasteiger partial charge in [-0.2, -0.15) is 9.97 Å². The van der Waals surface area contributed by atoms with E-state index in [1.807, 2.05) is 12.1 Å². The van der Waals surface area contributed by atoms with Gasteiger partial charge in [-0.3, -0.25) is 0 Å². The van der Waals surface area contributed by atoms with Crippen LogP contribution in [-0.2, 0) is 5.41 Å². The third-order valence-electron chi connectivity index (χ3n) is 8.15. The lowest BCUT2D eigenvalue weighted by Crippen LogP contribution is -2.41. The topological polar surface area (TPSA) is 56.3 Å². The minimum atomic E-state index is 0.0832. The number of halogens is 1. The van der Waals surface area contributed by atoms with Gasteiger partial charge in [-0.05, 0) is 73.9 Å². The van der Waals surface area contributed by atoms with E-state index in [0.717, 1.165) is 62.2 Å². The molecule has 194 valence electrons. The van der Waals surface area contributed by atoms with Gasteiger partial charge < -0.3 is 20.4 Å². The first-order valence-corrected chi connectivity index (χ1v) is 14.4. The molecule has 2 atom stereocenters. The van der Waals surface area contributed by atoms with Crippen molar-refractivity contribution >= 4 is 46.5 Å². The Kier molecular flexibility index (Phi) is 7.87. The summed E-state index contributed by atoms with van der Waals surface area (Å²) in [5, 5.41) is 8.20. The molecule has 2 aliphatic heterocycles. The molecule has 3 aliphatic rings. The molecule has 3 heterocycles. The van der Waals surface area contributed by atoms with Crippen molar-refractivity contribution < 1.29 is 0 Å². The predicted molar refractivity (Wildman–Crippen MR) is 154 cm³/mol. The van der Waals surface area contributed by atoms with E-state index in [1.165, 1.54) is 37.7 Å². The average Bonchev–Trinajstić information content (AvgIpc) is 3.56. The van der Waals surface area contributed by atoms with Crippen LogP contribution in [0.15, 0.2) is 30.3 Å². The molecule has 2 aromatic rings. The van der Waals surface area contributed by atoms with E-state index in [0.29, 0.717) is 22.9 Å². The Morgan fingerprint density at radius 1 is 0.972 bits per heavy atom. The van der Waals surface area contributed by atoms with Crippen LogP contribution in [0.4, 0.5) is 17.6 Å². The van der Waals surface area contributed by atoms with Crippen LogP contribution in [0.25, 0.3) is 0 Å². The van der Waals surface area contributed by atoms with E-state index in [-0.39, 0.29) is 5.41 Å². The molecule has 0 unspecified atom stereocenters. The molecule has 1 saturated carbocycles. The fourth-order valence-corrected chi connectivity index (χ4v) is 6.71. The standard InChI is InChI=1S/C28H39ClN6S/c1-20-15-21(2)18-35(17-20)25-16-24(34-13-5-6-14-34)31-26(32-25)33-27(36)30-19-28(11-3-4-12-28)22-7-9-23(29)10-8-22/h7-10,16,20-21H,3-6,11-15,17-19H2,1-2H3,(H2,30,31,32,33,36)/t20-,21-/m0/s1. The SMILES string of the molecule is C[C@H]1C[C@H](C)CN(c2cc(N3CCCC3)nc(NC(=S)NCC3(c4ccc(Cl)cc4)CCCC3)n2)C1. The Bertz CT molecular complexity index is 1040. The second-order valence-corrected chi connectivity index (χ2v) is 12.1. The molecule has 2 N–H and O–H groups in total. The number of piperidine rings is 1. The van der Waals surface area contributed by atoms with Crippen LogP contribution in [0.3, 0.4) is 0 Å². The van der Waals surface area contributed by atoms with Crippen LogP contribution < -0.4 is 20.4 Å². The second-order valence-electron chi connectivity index (χ2n) is 11.3. The van der Waals surface area contributed by atoms with Crippen LogP contribution in [0.1, 0.15) is 64.4 Å². The van der Waals surface area contributed by atoms with E-state index in [1.54, 1.807) is 0 Å². The van der Waals surface area contributed by atoms with E-state index >= 15 is 0 Å². The van der Waals surface area contributed by atoms with Gasteiger partial charge in [0.25, 0.3) is 0 Å². The molecule has 0 bridgehead atoms. The minimum absolute atomic E-state index is 0.0832. The maximum Gasteiger partial charge on any atom is 0.232 e. The van der Waals surface area contributed by atoms with Crippen molar-refractivity contribution in [1.82, 2.24) is 15.3 Å². The lowest BCUT2D eigenvalue weighted by molar-refractivity contribution is 0.355. The van der Waals surface area contributed by atoms with Crippen molar-refractivity contribution in [2.75, 3.05) is 47.8 Å². The van der Waals surface area contributed by atoms with Crippen LogP contribution >= 0.6 is 23.8 Å². The monoisotopic (exact) mass is 526 g/mol. The Balaban J connectivity index is 1.32. The molecule has 8 heteroatoms. The van der Waals surface area contributed by atoms with Crippen molar-refractivity contribution in [2.45, 2.75) is 64.2 Å². The highest BCUT2D eigenvalue weighted by Gasteiger charge is 2.35. The number of anilines is 3. The zero-order valence-electron chi connectivity index (χ0n) is 21.6. The van der Waals surface area contributed by atoms with Crippen LogP contribution in [0.2, 0.25) is 5.02 Å². The Morgan fingerprint density at radius 2 is 1.58 bits per heavy atom. The molecular weight excluding hydrogens is 488 g/mol. The fourth-order valence-electron chi connectivity index (χ4n) is 6.42. The Labute approximate surface area is 226 Å². The minimum Gasteiger partial charge on any atom is -0.361 e. The van der Waals surface area contributed by atoms with Crippen LogP contribution in [-0.4, -0.2) is 47.8 Å². The van der Waals surface area contributed by atoms with Crippen molar-refractivity contribution in [3.8, 4) is 0 Å². The molecule has 0 radical (unpaired) electrons. The summed E-state index contributed by atoms with van der Waals surface area (Å²) >= 11 is 11.9. The summed E-state index contributed by atoms with van der Waals surface area (Å²) in [6, 6.07) is 10.5. The first-order chi connectivity index (χ1) is 17.4. The number of benzene rings is 1. The molecule has 36 heavy (non-hydrogen) atoms. The number of nitrogens with zero attached hydrogens (tertiary/aromatic N) is 4. The maximum absolute atomic E-state index is 6.16. The molecule has 3 fully saturated rings. The Hall–Kier alpha value is -2.12. The van der Waals surface area contributed by atoms with Crippen molar-refractivity contribution in [3.63, 3.8) is 0 Å². The van der Waals surface area contributed by atoms with E-state index in [4.69, 9.17) is 33.8 Å². The van der Waals surface area contributed by atoms with E-state index in [2.05, 4.69) is 52.5 Å². The highest BCUT2D eigenvalue weighted by molar-refractivity contribution is 7.80. The van der Waals surface area contributed by atoms with Crippen LogP contribution in [0.5, 0.6) is 0 Å². The molecule has 5 rings (SSSR count). The summed E-state index contributed by atoms with van der Waals surface area (Å²) < 4.78 is 0. The molecule has 0 spiro atoms. The number of hydrogen-bond donors (Lipinski definition) is 2. The van der Waals surface area contributed by atoms with Gasteiger partial charge in [0, 0.05) is 49.2 Å². The van der Waals surface area contributed by atoms with Crippen molar-refractivity contribution in [2.24, 2.45) is 11.8 Å². The quantitative estimate of drug-likeness (QED) is 0.447. The molecule has 0 amide bonds. The first kappa shape index (κ1) is 25.5. The average molecular weight is 527 g/mol. The van der Waals surface area contributed by atoms with Crippen LogP contribution in [0, 0.1) is 11.8 Å². The van der Waals surface area contributed by atoms with Gasteiger partial charge in [0.15, 0.2) is 5.11 Å². The smallest absolute Gasteiger partial charge is 0.232 e. The molecule has 6 nitrogen and oxygen atoms in total. The van der Waals surface area contributed by atoms with E-state index in [9.17, 15) is 0 Å². The largest absolute Gasteiger partial charge is 0.361 e. The maximum atomic E-state index is 6.16. The van der Waals surface area contributed by atoms with Gasteiger partial charge in [0.05, 0.1) is 0 Å². The number of hydrogen-bond acceptors (Lipinski definition) is 5. The van der Waals surface area contributed by atoms with Crippen molar-refractivity contribution in [3.05, 3.63) is 40.9 Å². The lowest BCUT2D eigenvalue weighted by Gasteiger charge is -2.36. The van der Waals surface area contributed by atoms with Gasteiger partial charge in [0.1, 0.15) is 11.6 Å². The normalized spacial score (nSPS) is 23.6. The third kappa shape index (κ3) is 5.88. The second kappa shape index (κ2) is 11.1. The molecule has 2 saturated heterocycles. The Morgan fingerprint density at radius 3 is 2.22 bits per heavy atom. The molecule has 1 aromatic heterocycles. The van der Waals surface area contributed by atoms with Gasteiger partial charge >= 0.3 is 0 Å². The molecule has 1 aromatic carbocycles. The van der Waals surface area contributed by atoms with Gasteiger partial charge in [-0.25, -0.2) is 0 Å². The number of aromatic nitrogens is 2. The summed E-state index contributed by atoms with van der Waals surface area (Å²) in [5.41, 5.74) is 1.42. The summed E-state index contributed by atoms with van der Waals surface area (Å²) in [6.07, 6.45) is 8.48. The predicted octanol–water partition coefficient (Wildman–Crippen LogP) is 6.01. The highest BCUT2D eigenvalue weighted by Crippen LogP contribution is 2.41. The van der Waals surface area contributed by atoms with E-state index < -0.39 is 0 Å². The summed E-state index contributed by atoms with van der Waals surface area (Å²) in [5.74, 6) is 3.91.